The van der Waals surface area contributed by atoms with Gasteiger partial charge in [0.15, 0.2) is 5.90 Å². The topological polar surface area (TPSA) is 42.3 Å². The van der Waals surface area contributed by atoms with Crippen LogP contribution in [0.4, 0.5) is 0 Å². The van der Waals surface area contributed by atoms with Crippen molar-refractivity contribution in [2.45, 2.75) is 76.7 Å². The van der Waals surface area contributed by atoms with Crippen molar-refractivity contribution in [3.05, 3.63) is 0 Å². The van der Waals surface area contributed by atoms with Crippen LogP contribution in [0.15, 0.2) is 0 Å². The number of ether oxygens (including phenoxy) is 2. The van der Waals surface area contributed by atoms with Crippen LogP contribution in [-0.4, -0.2) is 25.2 Å². The summed E-state index contributed by atoms with van der Waals surface area (Å²) in [7, 11) is 0. The molecule has 2 aliphatic carbocycles. The maximum atomic E-state index is 8.19. The molecule has 2 saturated carbocycles. The van der Waals surface area contributed by atoms with E-state index in [1.807, 2.05) is 0 Å². The molecular weight excluding hydrogens is 262 g/mol. The molecule has 120 valence electrons. The minimum absolute atomic E-state index is 0.150. The molecular formula is C18H31NO2. The highest BCUT2D eigenvalue weighted by Crippen LogP contribution is 2.37. The van der Waals surface area contributed by atoms with Gasteiger partial charge in [0.2, 0.25) is 0 Å². The molecule has 0 radical (unpaired) electrons. The molecule has 21 heavy (non-hydrogen) atoms. The van der Waals surface area contributed by atoms with Crippen LogP contribution in [-0.2, 0) is 9.47 Å². The van der Waals surface area contributed by atoms with Crippen molar-refractivity contribution in [3.63, 3.8) is 0 Å². The molecule has 3 nitrogen and oxygen atoms in total. The van der Waals surface area contributed by atoms with Gasteiger partial charge in [-0.25, -0.2) is 0 Å². The molecule has 0 bridgehead atoms. The molecule has 1 atom stereocenters. The summed E-state index contributed by atoms with van der Waals surface area (Å²) in [5, 5.41) is 8.19. The average Bonchev–Trinajstić information content (AvgIpc) is 3.02. The van der Waals surface area contributed by atoms with E-state index in [4.69, 9.17) is 14.9 Å². The third-order valence-corrected chi connectivity index (χ3v) is 5.79. The maximum Gasteiger partial charge on any atom is 0.183 e. The third kappa shape index (κ3) is 4.45. The fourth-order valence-electron chi connectivity index (χ4n) is 4.44. The standard InChI is InChI=1S/C18H31NO2/c19-18(21-17-10-11-20-13-17)16-8-6-15(7-9-16)12-14-4-2-1-3-5-14/h14-17,19H,1-13H2. The van der Waals surface area contributed by atoms with E-state index in [1.54, 1.807) is 0 Å². The van der Waals surface area contributed by atoms with Gasteiger partial charge < -0.3 is 9.47 Å². The summed E-state index contributed by atoms with van der Waals surface area (Å²) in [5.74, 6) is 2.86. The maximum absolute atomic E-state index is 8.19. The highest BCUT2D eigenvalue weighted by atomic mass is 16.5. The van der Waals surface area contributed by atoms with Gasteiger partial charge in [-0.15, -0.1) is 0 Å². The van der Waals surface area contributed by atoms with Gasteiger partial charge in [-0.05, 0) is 43.9 Å². The number of rotatable bonds is 4. The summed E-state index contributed by atoms with van der Waals surface area (Å²) in [6.45, 7) is 1.48. The predicted molar refractivity (Wildman–Crippen MR) is 84.7 cm³/mol. The van der Waals surface area contributed by atoms with Crippen molar-refractivity contribution in [1.82, 2.24) is 0 Å². The first kappa shape index (κ1) is 15.3. The summed E-state index contributed by atoms with van der Waals surface area (Å²) in [6.07, 6.45) is 14.9. The van der Waals surface area contributed by atoms with E-state index in [9.17, 15) is 0 Å². The Morgan fingerprint density at radius 3 is 2.29 bits per heavy atom. The number of hydrogen-bond donors (Lipinski definition) is 1. The Kier molecular flexibility index (Phi) is 5.56. The molecule has 0 aromatic carbocycles. The van der Waals surface area contributed by atoms with Crippen molar-refractivity contribution in [3.8, 4) is 0 Å². The van der Waals surface area contributed by atoms with Gasteiger partial charge in [0.25, 0.3) is 0 Å². The summed E-state index contributed by atoms with van der Waals surface area (Å²) in [6, 6.07) is 0. The fraction of sp³-hybridized carbons (Fsp3) is 0.944. The zero-order valence-electron chi connectivity index (χ0n) is 13.3. The molecule has 0 aromatic rings. The van der Waals surface area contributed by atoms with E-state index in [-0.39, 0.29) is 6.10 Å². The van der Waals surface area contributed by atoms with Gasteiger partial charge in [0.1, 0.15) is 6.10 Å². The predicted octanol–water partition coefficient (Wildman–Crippen LogP) is 4.55. The average molecular weight is 293 g/mol. The van der Waals surface area contributed by atoms with Crippen molar-refractivity contribution in [2.24, 2.45) is 17.8 Å². The van der Waals surface area contributed by atoms with Gasteiger partial charge in [-0.3, -0.25) is 5.41 Å². The lowest BCUT2D eigenvalue weighted by atomic mass is 9.75. The van der Waals surface area contributed by atoms with Crippen LogP contribution in [0.3, 0.4) is 0 Å². The van der Waals surface area contributed by atoms with Gasteiger partial charge in [-0.1, -0.05) is 32.1 Å². The van der Waals surface area contributed by atoms with Gasteiger partial charge in [0, 0.05) is 12.3 Å². The molecule has 0 spiro atoms. The van der Waals surface area contributed by atoms with Crippen LogP contribution in [0.2, 0.25) is 0 Å². The second-order valence-electron chi connectivity index (χ2n) is 7.43. The number of hydrogen-bond acceptors (Lipinski definition) is 3. The SMILES string of the molecule is N=C(OC1CCOC1)C1CCC(CC2CCCCC2)CC1. The van der Waals surface area contributed by atoms with E-state index >= 15 is 0 Å². The lowest BCUT2D eigenvalue weighted by Gasteiger charge is -2.32. The Bertz CT molecular complexity index is 324. The Hall–Kier alpha value is -0.570. The summed E-state index contributed by atoms with van der Waals surface area (Å²) >= 11 is 0. The highest BCUT2D eigenvalue weighted by Gasteiger charge is 2.29. The van der Waals surface area contributed by atoms with Crippen LogP contribution >= 0.6 is 0 Å². The summed E-state index contributed by atoms with van der Waals surface area (Å²) < 4.78 is 11.1. The zero-order valence-corrected chi connectivity index (χ0v) is 13.3. The lowest BCUT2D eigenvalue weighted by molar-refractivity contribution is 0.121. The summed E-state index contributed by atoms with van der Waals surface area (Å²) in [5.41, 5.74) is 0. The Balaban J connectivity index is 1.36. The molecule has 0 aromatic heterocycles. The number of nitrogens with one attached hydrogen (secondary N) is 1. The fourth-order valence-corrected chi connectivity index (χ4v) is 4.44. The first-order chi connectivity index (χ1) is 10.3. The highest BCUT2D eigenvalue weighted by molar-refractivity contribution is 5.75. The largest absolute Gasteiger partial charge is 0.475 e. The van der Waals surface area contributed by atoms with Crippen molar-refractivity contribution in [2.75, 3.05) is 13.2 Å². The molecule has 3 rings (SSSR count). The van der Waals surface area contributed by atoms with Gasteiger partial charge in [0.05, 0.1) is 13.2 Å². The Morgan fingerprint density at radius 2 is 1.62 bits per heavy atom. The van der Waals surface area contributed by atoms with E-state index in [1.165, 1.54) is 64.2 Å². The molecule has 1 saturated heterocycles. The molecule has 1 N–H and O–H groups in total. The normalized spacial score (nSPS) is 34.8. The van der Waals surface area contributed by atoms with Crippen LogP contribution in [0.25, 0.3) is 0 Å². The molecule has 1 aliphatic heterocycles. The quantitative estimate of drug-likeness (QED) is 0.610. The monoisotopic (exact) mass is 293 g/mol. The Morgan fingerprint density at radius 1 is 0.905 bits per heavy atom. The van der Waals surface area contributed by atoms with Crippen molar-refractivity contribution in [1.29, 1.82) is 5.41 Å². The molecule has 1 heterocycles. The summed E-state index contributed by atoms with van der Waals surface area (Å²) in [4.78, 5) is 0. The lowest BCUT2D eigenvalue weighted by Crippen LogP contribution is -2.28. The van der Waals surface area contributed by atoms with Gasteiger partial charge >= 0.3 is 0 Å². The first-order valence-corrected chi connectivity index (χ1v) is 9.14. The van der Waals surface area contributed by atoms with E-state index in [0.717, 1.165) is 24.9 Å². The minimum atomic E-state index is 0.150. The molecule has 3 heteroatoms. The van der Waals surface area contributed by atoms with E-state index in [0.29, 0.717) is 18.4 Å². The third-order valence-electron chi connectivity index (χ3n) is 5.79. The molecule has 0 amide bonds. The second-order valence-corrected chi connectivity index (χ2v) is 7.43. The molecule has 3 aliphatic rings. The van der Waals surface area contributed by atoms with Crippen LogP contribution in [0, 0.1) is 23.2 Å². The van der Waals surface area contributed by atoms with Crippen LogP contribution in [0.5, 0.6) is 0 Å². The van der Waals surface area contributed by atoms with Crippen LogP contribution in [0.1, 0.15) is 70.6 Å². The smallest absolute Gasteiger partial charge is 0.183 e. The second kappa shape index (κ2) is 7.62. The van der Waals surface area contributed by atoms with Gasteiger partial charge in [-0.2, -0.15) is 0 Å². The van der Waals surface area contributed by atoms with Crippen LogP contribution < -0.4 is 0 Å². The zero-order chi connectivity index (χ0) is 14.5. The van der Waals surface area contributed by atoms with E-state index in [2.05, 4.69) is 0 Å². The molecule has 1 unspecified atom stereocenters. The first-order valence-electron chi connectivity index (χ1n) is 9.14. The Labute approximate surface area is 129 Å². The van der Waals surface area contributed by atoms with Crippen molar-refractivity contribution >= 4 is 5.90 Å². The van der Waals surface area contributed by atoms with Crippen molar-refractivity contribution < 1.29 is 9.47 Å². The molecule has 3 fully saturated rings. The minimum Gasteiger partial charge on any atom is -0.475 e. The van der Waals surface area contributed by atoms with E-state index < -0.39 is 0 Å².